The van der Waals surface area contributed by atoms with Crippen LogP contribution in [0.4, 0.5) is 0 Å². The molecule has 2 rings (SSSR count). The van der Waals surface area contributed by atoms with Crippen LogP contribution >= 0.6 is 0 Å². The van der Waals surface area contributed by atoms with Crippen molar-refractivity contribution in [2.24, 2.45) is 0 Å². The largest absolute Gasteiger partial charge is 0.497 e. The van der Waals surface area contributed by atoms with E-state index in [0.717, 1.165) is 16.9 Å². The lowest BCUT2D eigenvalue weighted by Gasteiger charge is -2.05. The van der Waals surface area contributed by atoms with Crippen LogP contribution in [-0.4, -0.2) is 18.9 Å². The van der Waals surface area contributed by atoms with Crippen molar-refractivity contribution in [2.45, 2.75) is 12.8 Å². The fraction of sp³-hybridized carbons (Fsp3) is 0.158. The predicted octanol–water partition coefficient (Wildman–Crippen LogP) is 2.49. The number of rotatable bonds is 6. The Morgan fingerprint density at radius 1 is 1.00 bits per heavy atom. The second kappa shape index (κ2) is 9.15. The Hall–Kier alpha value is -3.08. The van der Waals surface area contributed by atoms with E-state index in [9.17, 15) is 9.59 Å². The molecule has 0 heterocycles. The maximum Gasteiger partial charge on any atom is 0.262 e. The molecule has 0 aliphatic rings. The number of carbonyl (C=O) groups is 2. The van der Waals surface area contributed by atoms with Crippen molar-refractivity contribution < 1.29 is 14.3 Å². The van der Waals surface area contributed by atoms with Gasteiger partial charge in [-0.15, -0.1) is 0 Å². The van der Waals surface area contributed by atoms with Gasteiger partial charge in [-0.25, -0.2) is 0 Å². The Morgan fingerprint density at radius 3 is 2.38 bits per heavy atom. The van der Waals surface area contributed by atoms with Crippen molar-refractivity contribution in [3.8, 4) is 5.75 Å². The second-order valence-corrected chi connectivity index (χ2v) is 5.13. The summed E-state index contributed by atoms with van der Waals surface area (Å²) in [5.41, 5.74) is 6.70. The van der Waals surface area contributed by atoms with Gasteiger partial charge in [0, 0.05) is 12.5 Å². The van der Waals surface area contributed by atoms with Crippen molar-refractivity contribution in [3.05, 3.63) is 71.8 Å². The third kappa shape index (κ3) is 5.96. The van der Waals surface area contributed by atoms with E-state index in [0.29, 0.717) is 12.8 Å². The average Bonchev–Trinajstić information content (AvgIpc) is 2.64. The molecule has 2 amide bonds. The zero-order valence-corrected chi connectivity index (χ0v) is 13.5. The maximum absolute atomic E-state index is 11.7. The van der Waals surface area contributed by atoms with Gasteiger partial charge in [0.2, 0.25) is 5.91 Å². The maximum atomic E-state index is 11.7. The third-order valence-electron chi connectivity index (χ3n) is 3.35. The Kier molecular flexibility index (Phi) is 6.58. The molecule has 0 aliphatic carbocycles. The fourth-order valence-electron chi connectivity index (χ4n) is 2.02. The van der Waals surface area contributed by atoms with Crippen molar-refractivity contribution in [1.82, 2.24) is 10.9 Å². The van der Waals surface area contributed by atoms with E-state index < -0.39 is 0 Å². The highest BCUT2D eigenvalue weighted by Crippen LogP contribution is 2.12. The summed E-state index contributed by atoms with van der Waals surface area (Å²) in [4.78, 5) is 23.4. The van der Waals surface area contributed by atoms with Gasteiger partial charge in [0.25, 0.3) is 5.91 Å². The minimum atomic E-state index is -0.390. The zero-order valence-electron chi connectivity index (χ0n) is 13.5. The summed E-state index contributed by atoms with van der Waals surface area (Å²) >= 11 is 0. The molecule has 0 saturated heterocycles. The number of amides is 2. The van der Waals surface area contributed by atoms with Gasteiger partial charge >= 0.3 is 0 Å². The van der Waals surface area contributed by atoms with Crippen LogP contribution in [-0.2, 0) is 16.0 Å². The predicted molar refractivity (Wildman–Crippen MR) is 93.1 cm³/mol. The molecule has 0 unspecified atom stereocenters. The van der Waals surface area contributed by atoms with E-state index >= 15 is 0 Å². The number of carbonyl (C=O) groups excluding carboxylic acids is 2. The number of aryl methyl sites for hydroxylation is 1. The van der Waals surface area contributed by atoms with E-state index in [-0.39, 0.29) is 11.8 Å². The summed E-state index contributed by atoms with van der Waals surface area (Å²) < 4.78 is 5.06. The van der Waals surface area contributed by atoms with Gasteiger partial charge in [0.05, 0.1) is 7.11 Å². The van der Waals surface area contributed by atoms with Crippen LogP contribution in [0, 0.1) is 0 Å². The van der Waals surface area contributed by atoms with Crippen LogP contribution in [0.5, 0.6) is 5.75 Å². The van der Waals surface area contributed by atoms with Crippen LogP contribution in [0.1, 0.15) is 17.5 Å². The smallest absolute Gasteiger partial charge is 0.262 e. The topological polar surface area (TPSA) is 67.4 Å². The first-order valence-corrected chi connectivity index (χ1v) is 7.62. The molecule has 0 saturated carbocycles. The SMILES string of the molecule is COc1ccc(/C=C\C(=O)NNC(=O)CCc2ccccc2)cc1. The second-order valence-electron chi connectivity index (χ2n) is 5.13. The first kappa shape index (κ1) is 17.3. The molecule has 124 valence electrons. The van der Waals surface area contributed by atoms with Gasteiger partial charge in [-0.05, 0) is 35.8 Å². The minimum absolute atomic E-state index is 0.231. The van der Waals surface area contributed by atoms with Crippen molar-refractivity contribution >= 4 is 17.9 Å². The highest BCUT2D eigenvalue weighted by molar-refractivity contribution is 5.93. The summed E-state index contributed by atoms with van der Waals surface area (Å²) in [7, 11) is 1.60. The van der Waals surface area contributed by atoms with Crippen LogP contribution < -0.4 is 15.6 Å². The highest BCUT2D eigenvalue weighted by atomic mass is 16.5. The van der Waals surface area contributed by atoms with E-state index in [1.165, 1.54) is 6.08 Å². The normalized spacial score (nSPS) is 10.4. The molecule has 5 nitrogen and oxygen atoms in total. The van der Waals surface area contributed by atoms with Crippen molar-refractivity contribution in [3.63, 3.8) is 0 Å². The number of hydrogen-bond acceptors (Lipinski definition) is 3. The number of ether oxygens (including phenoxy) is 1. The summed E-state index contributed by atoms with van der Waals surface area (Å²) in [6.45, 7) is 0. The Balaban J connectivity index is 1.71. The Labute approximate surface area is 141 Å². The molecular formula is C19H20N2O3. The number of hydrogen-bond donors (Lipinski definition) is 2. The van der Waals surface area contributed by atoms with E-state index in [1.807, 2.05) is 54.6 Å². The number of hydrazine groups is 1. The van der Waals surface area contributed by atoms with Gasteiger partial charge in [-0.2, -0.15) is 0 Å². The lowest BCUT2D eigenvalue weighted by molar-refractivity contribution is -0.126. The van der Waals surface area contributed by atoms with E-state index in [1.54, 1.807) is 13.2 Å². The Morgan fingerprint density at radius 2 is 1.71 bits per heavy atom. The quantitative estimate of drug-likeness (QED) is 0.634. The van der Waals surface area contributed by atoms with Crippen molar-refractivity contribution in [2.75, 3.05) is 7.11 Å². The minimum Gasteiger partial charge on any atom is -0.497 e. The molecule has 0 radical (unpaired) electrons. The van der Waals surface area contributed by atoms with Crippen LogP contribution in [0.25, 0.3) is 6.08 Å². The molecule has 0 aliphatic heterocycles. The molecule has 24 heavy (non-hydrogen) atoms. The first-order chi connectivity index (χ1) is 11.7. The summed E-state index contributed by atoms with van der Waals surface area (Å²) in [5, 5.41) is 0. The van der Waals surface area contributed by atoms with Gasteiger partial charge in [0.15, 0.2) is 0 Å². The molecule has 2 N–H and O–H groups in total. The monoisotopic (exact) mass is 324 g/mol. The highest BCUT2D eigenvalue weighted by Gasteiger charge is 2.03. The van der Waals surface area contributed by atoms with E-state index in [4.69, 9.17) is 4.74 Å². The van der Waals surface area contributed by atoms with Crippen LogP contribution in [0.3, 0.4) is 0 Å². The van der Waals surface area contributed by atoms with Gasteiger partial charge < -0.3 is 4.74 Å². The lowest BCUT2D eigenvalue weighted by Crippen LogP contribution is -2.40. The number of benzene rings is 2. The number of nitrogens with one attached hydrogen (secondary N) is 2. The summed E-state index contributed by atoms with van der Waals surface area (Å²) in [5.74, 6) is 0.131. The molecule has 0 aromatic heterocycles. The average molecular weight is 324 g/mol. The molecule has 2 aromatic carbocycles. The fourth-order valence-corrected chi connectivity index (χ4v) is 2.02. The molecular weight excluding hydrogens is 304 g/mol. The van der Waals surface area contributed by atoms with Gasteiger partial charge in [0.1, 0.15) is 5.75 Å². The van der Waals surface area contributed by atoms with Crippen LogP contribution in [0.2, 0.25) is 0 Å². The van der Waals surface area contributed by atoms with Gasteiger partial charge in [-0.1, -0.05) is 42.5 Å². The van der Waals surface area contributed by atoms with E-state index in [2.05, 4.69) is 10.9 Å². The molecule has 0 spiro atoms. The molecule has 0 atom stereocenters. The lowest BCUT2D eigenvalue weighted by atomic mass is 10.1. The first-order valence-electron chi connectivity index (χ1n) is 7.62. The van der Waals surface area contributed by atoms with Crippen LogP contribution in [0.15, 0.2) is 60.7 Å². The summed E-state index contributed by atoms with van der Waals surface area (Å²) in [6.07, 6.45) is 3.96. The van der Waals surface area contributed by atoms with Gasteiger partial charge in [-0.3, -0.25) is 20.4 Å². The third-order valence-corrected chi connectivity index (χ3v) is 3.35. The molecule has 5 heteroatoms. The standard InChI is InChI=1S/C19H20N2O3/c1-24-17-11-7-16(8-12-17)10-14-19(23)21-20-18(22)13-9-15-5-3-2-4-6-15/h2-8,10-12,14H,9,13H2,1H3,(H,20,22)(H,21,23)/b14-10-. The zero-order chi connectivity index (χ0) is 17.2. The van der Waals surface area contributed by atoms with Crippen molar-refractivity contribution in [1.29, 1.82) is 0 Å². The molecule has 0 fully saturated rings. The Bertz CT molecular complexity index is 694. The number of methoxy groups -OCH3 is 1. The molecule has 0 bridgehead atoms. The molecule has 2 aromatic rings. The summed E-state index contributed by atoms with van der Waals surface area (Å²) in [6, 6.07) is 17.0.